The Morgan fingerprint density at radius 3 is 2.76 bits per heavy atom. The highest BCUT2D eigenvalue weighted by molar-refractivity contribution is 7.89. The van der Waals surface area contributed by atoms with Gasteiger partial charge in [-0.3, -0.25) is 4.79 Å². The highest BCUT2D eigenvalue weighted by Gasteiger charge is 2.39. The van der Waals surface area contributed by atoms with Crippen LogP contribution in [0.1, 0.15) is 30.4 Å². The number of sulfonamides is 1. The molecule has 0 amide bonds. The summed E-state index contributed by atoms with van der Waals surface area (Å²) in [7, 11) is -2.09. The van der Waals surface area contributed by atoms with Crippen molar-refractivity contribution < 1.29 is 18.3 Å². The summed E-state index contributed by atoms with van der Waals surface area (Å²) in [5.74, 6) is 0.515. The van der Waals surface area contributed by atoms with E-state index in [0.29, 0.717) is 36.3 Å². The number of benzene rings is 2. The fourth-order valence-electron chi connectivity index (χ4n) is 4.92. The smallest absolute Gasteiger partial charge is 0.252 e. The van der Waals surface area contributed by atoms with Crippen molar-refractivity contribution in [2.75, 3.05) is 25.1 Å². The molecule has 0 unspecified atom stereocenters. The first-order valence-electron chi connectivity index (χ1n) is 11.5. The van der Waals surface area contributed by atoms with Gasteiger partial charge in [0.15, 0.2) is 0 Å². The van der Waals surface area contributed by atoms with Crippen LogP contribution in [0.25, 0.3) is 10.9 Å². The molecule has 0 saturated heterocycles. The quantitative estimate of drug-likeness (QED) is 0.579. The Bertz CT molecular complexity index is 1400. The van der Waals surface area contributed by atoms with Crippen LogP contribution in [0.5, 0.6) is 5.75 Å². The maximum atomic E-state index is 13.9. The summed E-state index contributed by atoms with van der Waals surface area (Å²) in [4.78, 5) is 17.9. The number of H-pyrrole nitrogens is 1. The van der Waals surface area contributed by atoms with Crippen molar-refractivity contribution in [3.63, 3.8) is 0 Å². The second-order valence-corrected chi connectivity index (χ2v) is 11.1. The molecule has 1 aliphatic heterocycles. The molecular formula is C25H29N3O5S. The van der Waals surface area contributed by atoms with Gasteiger partial charge in [0.2, 0.25) is 10.0 Å². The van der Waals surface area contributed by atoms with Crippen molar-refractivity contribution in [3.8, 4) is 5.75 Å². The van der Waals surface area contributed by atoms with Gasteiger partial charge in [-0.2, -0.15) is 4.31 Å². The van der Waals surface area contributed by atoms with Gasteiger partial charge in [-0.05, 0) is 61.4 Å². The number of aromatic nitrogens is 1. The monoisotopic (exact) mass is 483 g/mol. The lowest BCUT2D eigenvalue weighted by Crippen LogP contribution is -2.44. The molecule has 2 aromatic carbocycles. The largest absolute Gasteiger partial charge is 0.490 e. The number of aliphatic hydroxyl groups excluding tert-OH is 1. The average Bonchev–Trinajstić information content (AvgIpc) is 3.22. The second kappa shape index (κ2) is 8.72. The van der Waals surface area contributed by atoms with Crippen molar-refractivity contribution in [3.05, 3.63) is 63.9 Å². The van der Waals surface area contributed by atoms with E-state index in [2.05, 4.69) is 4.98 Å². The number of ether oxygens (including phenoxy) is 1. The molecular weight excluding hydrogens is 454 g/mol. The third kappa shape index (κ3) is 4.08. The van der Waals surface area contributed by atoms with Gasteiger partial charge in [-0.15, -0.1) is 0 Å². The normalized spacial score (nSPS) is 20.5. The lowest BCUT2D eigenvalue weighted by Gasteiger charge is -2.31. The summed E-state index contributed by atoms with van der Waals surface area (Å²) in [5.41, 5.74) is 2.57. The van der Waals surface area contributed by atoms with E-state index >= 15 is 0 Å². The molecule has 0 spiro atoms. The van der Waals surface area contributed by atoms with E-state index in [9.17, 15) is 18.3 Å². The summed E-state index contributed by atoms with van der Waals surface area (Å²) in [5, 5.41) is 11.5. The molecule has 34 heavy (non-hydrogen) atoms. The third-order valence-electron chi connectivity index (χ3n) is 6.85. The molecule has 2 heterocycles. The molecule has 9 heteroatoms. The minimum absolute atomic E-state index is 0.0912. The second-order valence-electron chi connectivity index (χ2n) is 9.23. The molecule has 2 atom stereocenters. The van der Waals surface area contributed by atoms with Gasteiger partial charge in [-0.1, -0.05) is 12.1 Å². The van der Waals surface area contributed by atoms with Crippen LogP contribution in [-0.4, -0.2) is 55.2 Å². The molecule has 0 bridgehead atoms. The van der Waals surface area contributed by atoms with Crippen LogP contribution in [-0.2, 0) is 16.6 Å². The molecule has 8 nitrogen and oxygen atoms in total. The van der Waals surface area contributed by atoms with Crippen molar-refractivity contribution >= 4 is 26.6 Å². The van der Waals surface area contributed by atoms with E-state index in [1.165, 1.54) is 4.31 Å². The maximum absolute atomic E-state index is 13.9. The number of hydrogen-bond acceptors (Lipinski definition) is 6. The van der Waals surface area contributed by atoms with Gasteiger partial charge in [0.05, 0.1) is 29.3 Å². The molecule has 1 aliphatic carbocycles. The number of anilines is 1. The van der Waals surface area contributed by atoms with Crippen LogP contribution < -0.4 is 15.2 Å². The van der Waals surface area contributed by atoms with Crippen molar-refractivity contribution in [1.29, 1.82) is 0 Å². The first-order chi connectivity index (χ1) is 16.2. The van der Waals surface area contributed by atoms with Crippen molar-refractivity contribution in [2.24, 2.45) is 0 Å². The lowest BCUT2D eigenvalue weighted by molar-refractivity contribution is 0.110. The van der Waals surface area contributed by atoms with Gasteiger partial charge in [0.1, 0.15) is 12.4 Å². The van der Waals surface area contributed by atoms with E-state index in [1.54, 1.807) is 24.3 Å². The van der Waals surface area contributed by atoms with Crippen LogP contribution in [0.4, 0.5) is 5.69 Å². The molecule has 0 radical (unpaired) electrons. The van der Waals surface area contributed by atoms with Crippen LogP contribution >= 0.6 is 0 Å². The van der Waals surface area contributed by atoms with Crippen LogP contribution in [0, 0.1) is 6.92 Å². The van der Waals surface area contributed by atoms with Gasteiger partial charge < -0.3 is 19.7 Å². The highest BCUT2D eigenvalue weighted by Crippen LogP contribution is 2.36. The Morgan fingerprint density at radius 2 is 2.00 bits per heavy atom. The van der Waals surface area contributed by atoms with Gasteiger partial charge in [-0.25, -0.2) is 8.42 Å². The summed E-state index contributed by atoms with van der Waals surface area (Å²) < 4.78 is 34.8. The first kappa shape index (κ1) is 22.9. The van der Waals surface area contributed by atoms with Crippen LogP contribution in [0.2, 0.25) is 0 Å². The highest BCUT2D eigenvalue weighted by atomic mass is 32.2. The number of aliphatic hydroxyl groups is 1. The Balaban J connectivity index is 1.57. The number of nitrogens with one attached hydrogen (secondary N) is 1. The van der Waals surface area contributed by atoms with Crippen LogP contribution in [0.15, 0.2) is 52.2 Å². The Labute approximate surface area is 198 Å². The number of fused-ring (bicyclic) bond motifs is 2. The van der Waals surface area contributed by atoms with E-state index in [4.69, 9.17) is 4.74 Å². The topological polar surface area (TPSA) is 103 Å². The van der Waals surface area contributed by atoms with E-state index < -0.39 is 22.2 Å². The standard InChI is InChI=1S/C25H29N3O5S/c1-16-6-7-17-13-18(25(30)26-20(17)12-16)15-28(21-4-3-5-23(21)29)34(31,32)19-8-9-22-24(14-19)33-11-10-27(22)2/h6-9,12-14,21,23,29H,3-5,10-11,15H2,1-2H3,(H,26,30)/t21-,23-/m0/s1. The number of hydrogen-bond donors (Lipinski definition) is 2. The zero-order valence-corrected chi connectivity index (χ0v) is 20.1. The minimum atomic E-state index is -4.02. The number of pyridine rings is 1. The molecule has 1 fully saturated rings. The van der Waals surface area contributed by atoms with E-state index in [-0.39, 0.29) is 17.0 Å². The van der Waals surface area contributed by atoms with E-state index in [0.717, 1.165) is 29.6 Å². The summed E-state index contributed by atoms with van der Waals surface area (Å²) >= 11 is 0. The average molecular weight is 484 g/mol. The third-order valence-corrected chi connectivity index (χ3v) is 8.72. The Morgan fingerprint density at radius 1 is 1.18 bits per heavy atom. The first-order valence-corrected chi connectivity index (χ1v) is 13.0. The molecule has 2 aliphatic rings. The zero-order valence-electron chi connectivity index (χ0n) is 19.3. The van der Waals surface area contributed by atoms with Gasteiger partial charge >= 0.3 is 0 Å². The molecule has 2 N–H and O–H groups in total. The molecule has 1 aromatic heterocycles. The molecule has 5 rings (SSSR count). The minimum Gasteiger partial charge on any atom is -0.490 e. The predicted octanol–water partition coefficient (Wildman–Crippen LogP) is 2.77. The van der Waals surface area contributed by atoms with Gasteiger partial charge in [0.25, 0.3) is 5.56 Å². The summed E-state index contributed by atoms with van der Waals surface area (Å²) in [6.07, 6.45) is 1.01. The zero-order chi connectivity index (χ0) is 24.0. The number of likely N-dealkylation sites (N-methyl/N-ethyl adjacent to an activating group) is 1. The number of nitrogens with zero attached hydrogens (tertiary/aromatic N) is 2. The number of aromatic amines is 1. The fraction of sp³-hybridized carbons (Fsp3) is 0.400. The van der Waals surface area contributed by atoms with Crippen molar-refractivity contribution in [2.45, 2.75) is 49.8 Å². The predicted molar refractivity (Wildman–Crippen MR) is 131 cm³/mol. The van der Waals surface area contributed by atoms with Crippen LogP contribution in [0.3, 0.4) is 0 Å². The number of aryl methyl sites for hydroxylation is 1. The molecule has 180 valence electrons. The van der Waals surface area contributed by atoms with Gasteiger partial charge in [0, 0.05) is 30.7 Å². The van der Waals surface area contributed by atoms with Crippen molar-refractivity contribution in [1.82, 2.24) is 9.29 Å². The Kier molecular flexibility index (Phi) is 5.87. The SMILES string of the molecule is Cc1ccc2cc(CN([C@H]3CCC[C@@H]3O)S(=O)(=O)c3ccc4c(c3)OCCN4C)c(=O)[nH]c2c1. The molecule has 3 aromatic rings. The summed E-state index contributed by atoms with van der Waals surface area (Å²) in [6, 6.07) is 11.7. The summed E-state index contributed by atoms with van der Waals surface area (Å²) in [6.45, 7) is 3.02. The Hall–Kier alpha value is -2.88. The lowest BCUT2D eigenvalue weighted by atomic mass is 10.1. The number of rotatable bonds is 5. The maximum Gasteiger partial charge on any atom is 0.252 e. The fourth-order valence-corrected chi connectivity index (χ4v) is 6.60. The van der Waals surface area contributed by atoms with E-state index in [1.807, 2.05) is 37.1 Å². The molecule has 1 saturated carbocycles.